The summed E-state index contributed by atoms with van der Waals surface area (Å²) >= 11 is 0. The highest BCUT2D eigenvalue weighted by molar-refractivity contribution is 6.09. The predicted octanol–water partition coefficient (Wildman–Crippen LogP) is 3.79. The fraction of sp³-hybridized carbons (Fsp3) is 0.360. The van der Waals surface area contributed by atoms with Crippen molar-refractivity contribution in [3.63, 3.8) is 0 Å². The third-order valence-corrected chi connectivity index (χ3v) is 6.42. The maximum absolute atomic E-state index is 13.6. The first-order chi connectivity index (χ1) is 14.9. The Morgan fingerprint density at radius 3 is 2.77 bits per heavy atom. The van der Waals surface area contributed by atoms with Gasteiger partial charge in [0.25, 0.3) is 11.8 Å². The maximum Gasteiger partial charge on any atom is 0.265 e. The molecule has 1 aromatic heterocycles. The van der Waals surface area contributed by atoms with E-state index in [1.807, 2.05) is 36.4 Å². The average molecular weight is 418 g/mol. The number of H-pyrrole nitrogens is 1. The van der Waals surface area contributed by atoms with Gasteiger partial charge in [-0.05, 0) is 61.1 Å². The summed E-state index contributed by atoms with van der Waals surface area (Å²) in [4.78, 5) is 32.9. The summed E-state index contributed by atoms with van der Waals surface area (Å²) in [7, 11) is 3.39. The number of likely N-dealkylation sites (N-methyl/N-ethyl adjacent to an activating group) is 1. The minimum atomic E-state index is -0.724. The summed E-state index contributed by atoms with van der Waals surface area (Å²) < 4.78 is 5.93. The largest absolute Gasteiger partial charge is 0.476 e. The Hall–Kier alpha value is -3.28. The van der Waals surface area contributed by atoms with Crippen molar-refractivity contribution in [1.82, 2.24) is 9.88 Å². The van der Waals surface area contributed by atoms with E-state index >= 15 is 0 Å². The number of nitrogens with zero attached hydrogens (tertiary/aromatic N) is 2. The lowest BCUT2D eigenvalue weighted by molar-refractivity contribution is -0.135. The number of carbonyl (C=O) groups excluding carboxylic acids is 2. The van der Waals surface area contributed by atoms with Crippen LogP contribution in [0.5, 0.6) is 5.75 Å². The number of para-hydroxylation sites is 2. The highest BCUT2D eigenvalue weighted by Gasteiger charge is 2.35. The Labute approximate surface area is 181 Å². The van der Waals surface area contributed by atoms with Gasteiger partial charge in [-0.25, -0.2) is 0 Å². The van der Waals surface area contributed by atoms with Crippen LogP contribution in [-0.4, -0.2) is 48.4 Å². The third-order valence-electron chi connectivity index (χ3n) is 6.42. The van der Waals surface area contributed by atoms with Gasteiger partial charge in [0.2, 0.25) is 0 Å². The van der Waals surface area contributed by atoms with Crippen molar-refractivity contribution in [2.24, 2.45) is 5.92 Å². The Kier molecular flexibility index (Phi) is 4.73. The van der Waals surface area contributed by atoms with Crippen LogP contribution in [0.15, 0.2) is 42.5 Å². The minimum absolute atomic E-state index is 0.118. The van der Waals surface area contributed by atoms with Crippen LogP contribution in [0.4, 0.5) is 5.69 Å². The van der Waals surface area contributed by atoms with Crippen LogP contribution in [0.1, 0.15) is 35.0 Å². The van der Waals surface area contributed by atoms with Gasteiger partial charge in [0, 0.05) is 36.3 Å². The Morgan fingerprint density at radius 1 is 1.16 bits per heavy atom. The summed E-state index contributed by atoms with van der Waals surface area (Å²) in [5, 5.41) is 1.13. The highest BCUT2D eigenvalue weighted by atomic mass is 16.5. The normalized spacial score (nSPS) is 20.0. The van der Waals surface area contributed by atoms with Gasteiger partial charge in [-0.2, -0.15) is 0 Å². The number of aromatic nitrogens is 1. The van der Waals surface area contributed by atoms with Gasteiger partial charge >= 0.3 is 0 Å². The van der Waals surface area contributed by atoms with Crippen LogP contribution in [-0.2, 0) is 17.6 Å². The minimum Gasteiger partial charge on any atom is -0.476 e. The van der Waals surface area contributed by atoms with E-state index in [2.05, 4.69) is 11.9 Å². The molecule has 160 valence electrons. The molecule has 1 aliphatic carbocycles. The number of benzene rings is 2. The van der Waals surface area contributed by atoms with Crippen molar-refractivity contribution in [2.45, 2.75) is 32.3 Å². The molecule has 31 heavy (non-hydrogen) atoms. The van der Waals surface area contributed by atoms with Crippen LogP contribution in [0, 0.1) is 5.92 Å². The lowest BCUT2D eigenvalue weighted by atomic mass is 9.87. The molecule has 2 amide bonds. The zero-order chi connectivity index (χ0) is 21.7. The van der Waals surface area contributed by atoms with Crippen molar-refractivity contribution < 1.29 is 14.3 Å². The topological polar surface area (TPSA) is 65.6 Å². The third kappa shape index (κ3) is 3.36. The molecule has 0 unspecified atom stereocenters. The lowest BCUT2D eigenvalue weighted by Crippen LogP contribution is -2.50. The number of aromatic amines is 1. The van der Waals surface area contributed by atoms with E-state index < -0.39 is 6.10 Å². The number of fused-ring (bicyclic) bond motifs is 4. The summed E-state index contributed by atoms with van der Waals surface area (Å²) in [5.41, 5.74) is 5.04. The maximum atomic E-state index is 13.6. The Bertz CT molecular complexity index is 1180. The number of aryl methyl sites for hydroxylation is 1. The molecule has 3 aromatic rings. The number of ether oxygens (including phenoxy) is 1. The number of hydrogen-bond acceptors (Lipinski definition) is 3. The van der Waals surface area contributed by atoms with Crippen LogP contribution in [0.2, 0.25) is 0 Å². The van der Waals surface area contributed by atoms with Crippen LogP contribution in [0.25, 0.3) is 10.9 Å². The van der Waals surface area contributed by atoms with E-state index in [0.29, 0.717) is 22.9 Å². The van der Waals surface area contributed by atoms with Crippen LogP contribution >= 0.6 is 0 Å². The molecule has 0 saturated heterocycles. The average Bonchev–Trinajstić information content (AvgIpc) is 3.14. The standard InChI is InChI=1S/C25H27N3O3/c1-15-8-10-19-17(12-15)18-13-16(9-11-20(18)26-19)24(29)28-14-23(25(30)27(2)3)31-22-7-5-4-6-21(22)28/h4-7,9,11,13,15,23,26H,8,10,12,14H2,1-3H3/t15-,23-/m0/s1. The molecule has 2 atom stereocenters. The van der Waals surface area contributed by atoms with Crippen molar-refractivity contribution >= 4 is 28.4 Å². The van der Waals surface area contributed by atoms with Crippen LogP contribution in [0.3, 0.4) is 0 Å². The first-order valence-corrected chi connectivity index (χ1v) is 10.8. The van der Waals surface area contributed by atoms with E-state index in [4.69, 9.17) is 4.74 Å². The van der Waals surface area contributed by atoms with E-state index in [9.17, 15) is 9.59 Å². The number of anilines is 1. The van der Waals surface area contributed by atoms with E-state index in [0.717, 1.165) is 23.7 Å². The molecule has 2 heterocycles. The second-order valence-corrected chi connectivity index (χ2v) is 8.91. The molecule has 0 spiro atoms. The molecule has 1 aliphatic heterocycles. The van der Waals surface area contributed by atoms with Crippen molar-refractivity contribution in [3.05, 3.63) is 59.3 Å². The molecule has 1 N–H and O–H groups in total. The molecular formula is C25H27N3O3. The number of carbonyl (C=O) groups is 2. The zero-order valence-electron chi connectivity index (χ0n) is 18.1. The monoisotopic (exact) mass is 417 g/mol. The first-order valence-electron chi connectivity index (χ1n) is 10.8. The molecule has 0 saturated carbocycles. The highest BCUT2D eigenvalue weighted by Crippen LogP contribution is 2.36. The second-order valence-electron chi connectivity index (χ2n) is 8.91. The number of rotatable bonds is 2. The van der Waals surface area contributed by atoms with E-state index in [1.54, 1.807) is 25.1 Å². The van der Waals surface area contributed by atoms with Gasteiger partial charge < -0.3 is 19.5 Å². The van der Waals surface area contributed by atoms with E-state index in [-0.39, 0.29) is 18.4 Å². The van der Waals surface area contributed by atoms with Gasteiger partial charge in [0.15, 0.2) is 6.10 Å². The summed E-state index contributed by atoms with van der Waals surface area (Å²) in [6.45, 7) is 2.47. The van der Waals surface area contributed by atoms with Crippen molar-refractivity contribution in [3.8, 4) is 5.75 Å². The molecule has 6 heteroatoms. The molecule has 6 nitrogen and oxygen atoms in total. The molecule has 2 aliphatic rings. The Balaban J connectivity index is 1.53. The van der Waals surface area contributed by atoms with Gasteiger partial charge in [0.05, 0.1) is 12.2 Å². The van der Waals surface area contributed by atoms with Gasteiger partial charge in [-0.3, -0.25) is 9.59 Å². The van der Waals surface area contributed by atoms with Crippen LogP contribution < -0.4 is 9.64 Å². The predicted molar refractivity (Wildman–Crippen MR) is 121 cm³/mol. The Morgan fingerprint density at radius 2 is 1.97 bits per heavy atom. The molecule has 0 bridgehead atoms. The smallest absolute Gasteiger partial charge is 0.265 e. The molecule has 0 radical (unpaired) electrons. The van der Waals surface area contributed by atoms with Gasteiger partial charge in [0.1, 0.15) is 5.75 Å². The number of amides is 2. The summed E-state index contributed by atoms with van der Waals surface area (Å²) in [6, 6.07) is 13.3. The summed E-state index contributed by atoms with van der Waals surface area (Å²) in [6.07, 6.45) is 2.56. The number of nitrogens with one attached hydrogen (secondary N) is 1. The quantitative estimate of drug-likeness (QED) is 0.690. The molecule has 5 rings (SSSR count). The second kappa shape index (κ2) is 7.45. The first kappa shape index (κ1) is 19.7. The molecular weight excluding hydrogens is 390 g/mol. The van der Waals surface area contributed by atoms with Gasteiger partial charge in [-0.1, -0.05) is 19.1 Å². The fourth-order valence-electron chi connectivity index (χ4n) is 4.72. The number of hydrogen-bond donors (Lipinski definition) is 1. The summed E-state index contributed by atoms with van der Waals surface area (Å²) in [5.74, 6) is 0.926. The lowest BCUT2D eigenvalue weighted by Gasteiger charge is -2.35. The van der Waals surface area contributed by atoms with Crippen molar-refractivity contribution in [1.29, 1.82) is 0 Å². The fourth-order valence-corrected chi connectivity index (χ4v) is 4.72. The van der Waals surface area contributed by atoms with Crippen molar-refractivity contribution in [2.75, 3.05) is 25.5 Å². The van der Waals surface area contributed by atoms with E-state index in [1.165, 1.54) is 22.6 Å². The SMILES string of the molecule is C[C@H]1CCc2[nH]c3ccc(C(=O)N4C[C@@H](C(=O)N(C)C)Oc5ccccc54)cc3c2C1. The van der Waals surface area contributed by atoms with Gasteiger partial charge in [-0.15, -0.1) is 0 Å². The molecule has 2 aromatic carbocycles. The zero-order valence-corrected chi connectivity index (χ0v) is 18.1. The molecule has 0 fully saturated rings.